The van der Waals surface area contributed by atoms with Gasteiger partial charge in [-0.25, -0.2) is 0 Å². The van der Waals surface area contributed by atoms with Crippen LogP contribution in [0.1, 0.15) is 26.3 Å². The van der Waals surface area contributed by atoms with Gasteiger partial charge in [0.05, 0.1) is 10.7 Å². The fraction of sp³-hybridized carbons (Fsp3) is 0.533. The second-order valence-electron chi connectivity index (χ2n) is 5.49. The molecule has 0 saturated carbocycles. The van der Waals surface area contributed by atoms with Gasteiger partial charge < -0.3 is 15.5 Å². The largest absolute Gasteiger partial charge is 0.354 e. The summed E-state index contributed by atoms with van der Waals surface area (Å²) in [6.45, 7) is 9.00. The molecule has 1 aliphatic heterocycles. The number of anilines is 1. The molecule has 1 aromatic carbocycles. The van der Waals surface area contributed by atoms with E-state index >= 15 is 0 Å². The number of halogens is 1. The fourth-order valence-corrected chi connectivity index (χ4v) is 2.85. The van der Waals surface area contributed by atoms with Gasteiger partial charge in [-0.1, -0.05) is 30.7 Å². The highest BCUT2D eigenvalue weighted by Crippen LogP contribution is 2.35. The van der Waals surface area contributed by atoms with Crippen LogP contribution in [0.5, 0.6) is 0 Å². The third-order valence-electron chi connectivity index (χ3n) is 3.76. The lowest BCUT2D eigenvalue weighted by Gasteiger charge is -2.44. The van der Waals surface area contributed by atoms with Gasteiger partial charge in [0.15, 0.2) is 0 Å². The van der Waals surface area contributed by atoms with Gasteiger partial charge in [0.25, 0.3) is 0 Å². The standard InChI is InChI=1S/C15H22ClN3O/c1-4-17-10-11-6-5-7-12(16)13(11)19-9-8-18-14(20)15(19,2)3/h5-7,17H,4,8-10H2,1-3H3,(H,18,20). The second kappa shape index (κ2) is 6.02. The van der Waals surface area contributed by atoms with Crippen LogP contribution in [0.15, 0.2) is 18.2 Å². The lowest BCUT2D eigenvalue weighted by atomic mass is 9.96. The molecule has 5 heteroatoms. The fourth-order valence-electron chi connectivity index (χ4n) is 2.56. The number of carbonyl (C=O) groups excluding carboxylic acids is 1. The van der Waals surface area contributed by atoms with Crippen molar-refractivity contribution in [2.24, 2.45) is 0 Å². The zero-order valence-corrected chi connectivity index (χ0v) is 13.0. The summed E-state index contributed by atoms with van der Waals surface area (Å²) in [5, 5.41) is 6.94. The number of nitrogens with zero attached hydrogens (tertiary/aromatic N) is 1. The summed E-state index contributed by atoms with van der Waals surface area (Å²) in [5.74, 6) is 0.0399. The molecule has 1 aliphatic rings. The van der Waals surface area contributed by atoms with E-state index in [4.69, 9.17) is 11.6 Å². The van der Waals surface area contributed by atoms with E-state index in [2.05, 4.69) is 28.5 Å². The van der Waals surface area contributed by atoms with Crippen LogP contribution in [0, 0.1) is 0 Å². The first-order valence-corrected chi connectivity index (χ1v) is 7.40. The topological polar surface area (TPSA) is 44.4 Å². The van der Waals surface area contributed by atoms with E-state index in [-0.39, 0.29) is 5.91 Å². The number of piperazine rings is 1. The van der Waals surface area contributed by atoms with Crippen LogP contribution >= 0.6 is 11.6 Å². The number of carbonyl (C=O) groups is 1. The molecule has 0 atom stereocenters. The van der Waals surface area contributed by atoms with E-state index in [1.165, 1.54) is 0 Å². The van der Waals surface area contributed by atoms with Crippen LogP contribution < -0.4 is 15.5 Å². The minimum Gasteiger partial charge on any atom is -0.354 e. The van der Waals surface area contributed by atoms with Gasteiger partial charge in [0.1, 0.15) is 5.54 Å². The van der Waals surface area contributed by atoms with E-state index in [0.717, 1.165) is 30.9 Å². The van der Waals surface area contributed by atoms with Crippen LogP contribution in [-0.2, 0) is 11.3 Å². The summed E-state index contributed by atoms with van der Waals surface area (Å²) >= 11 is 6.42. The van der Waals surface area contributed by atoms with E-state index in [1.54, 1.807) is 0 Å². The maximum absolute atomic E-state index is 12.1. The van der Waals surface area contributed by atoms with Crippen LogP contribution in [0.3, 0.4) is 0 Å². The van der Waals surface area contributed by atoms with Crippen molar-refractivity contribution in [2.45, 2.75) is 32.9 Å². The quantitative estimate of drug-likeness (QED) is 0.895. The van der Waals surface area contributed by atoms with Gasteiger partial charge in [0.2, 0.25) is 5.91 Å². The predicted molar refractivity (Wildman–Crippen MR) is 83.3 cm³/mol. The van der Waals surface area contributed by atoms with E-state index in [1.807, 2.05) is 26.0 Å². The molecule has 0 unspecified atom stereocenters. The van der Waals surface area contributed by atoms with Gasteiger partial charge in [0, 0.05) is 19.6 Å². The van der Waals surface area contributed by atoms with Crippen molar-refractivity contribution in [3.05, 3.63) is 28.8 Å². The number of hydrogen-bond acceptors (Lipinski definition) is 3. The molecule has 110 valence electrons. The average Bonchev–Trinajstić information content (AvgIpc) is 2.40. The molecule has 0 aliphatic carbocycles. The molecule has 4 nitrogen and oxygen atoms in total. The average molecular weight is 296 g/mol. The summed E-state index contributed by atoms with van der Waals surface area (Å²) in [4.78, 5) is 14.2. The normalized spacial score (nSPS) is 18.0. The van der Waals surface area contributed by atoms with Crippen LogP contribution in [0.2, 0.25) is 5.02 Å². The smallest absolute Gasteiger partial charge is 0.245 e. The molecule has 20 heavy (non-hydrogen) atoms. The Bertz CT molecular complexity index is 502. The Labute approximate surface area is 125 Å². The molecule has 1 fully saturated rings. The minimum absolute atomic E-state index is 0.0399. The molecular weight excluding hydrogens is 274 g/mol. The Kier molecular flexibility index (Phi) is 4.55. The maximum Gasteiger partial charge on any atom is 0.245 e. The first-order valence-electron chi connectivity index (χ1n) is 7.02. The van der Waals surface area contributed by atoms with Gasteiger partial charge in [-0.05, 0) is 32.0 Å². The summed E-state index contributed by atoms with van der Waals surface area (Å²) in [6, 6.07) is 5.90. The first kappa shape index (κ1) is 15.1. The van der Waals surface area contributed by atoms with Crippen molar-refractivity contribution >= 4 is 23.2 Å². The summed E-state index contributed by atoms with van der Waals surface area (Å²) in [6.07, 6.45) is 0. The number of amides is 1. The molecule has 1 aromatic rings. The highest BCUT2D eigenvalue weighted by Gasteiger charge is 2.39. The first-order chi connectivity index (χ1) is 9.48. The maximum atomic E-state index is 12.1. The summed E-state index contributed by atoms with van der Waals surface area (Å²) < 4.78 is 0. The molecule has 2 rings (SSSR count). The molecular formula is C15H22ClN3O. The molecule has 1 amide bonds. The van der Waals surface area contributed by atoms with Crippen molar-refractivity contribution in [3.8, 4) is 0 Å². The Balaban J connectivity index is 2.42. The second-order valence-corrected chi connectivity index (χ2v) is 5.90. The van der Waals surface area contributed by atoms with Crippen molar-refractivity contribution in [2.75, 3.05) is 24.5 Å². The SMILES string of the molecule is CCNCc1cccc(Cl)c1N1CCNC(=O)C1(C)C. The number of rotatable bonds is 4. The van der Waals surface area contributed by atoms with E-state index in [0.29, 0.717) is 11.6 Å². The van der Waals surface area contributed by atoms with Crippen LogP contribution in [0.4, 0.5) is 5.69 Å². The highest BCUT2D eigenvalue weighted by atomic mass is 35.5. The third-order valence-corrected chi connectivity index (χ3v) is 4.06. The number of nitrogens with one attached hydrogen (secondary N) is 2. The minimum atomic E-state index is -0.593. The van der Waals surface area contributed by atoms with Crippen molar-refractivity contribution in [1.29, 1.82) is 0 Å². The Hall–Kier alpha value is -1.26. The number of hydrogen-bond donors (Lipinski definition) is 2. The Morgan fingerprint density at radius 2 is 2.20 bits per heavy atom. The molecule has 2 N–H and O–H groups in total. The van der Waals surface area contributed by atoms with Gasteiger partial charge in [-0.3, -0.25) is 4.79 Å². The lowest BCUT2D eigenvalue weighted by molar-refractivity contribution is -0.126. The lowest BCUT2D eigenvalue weighted by Crippen LogP contribution is -2.62. The van der Waals surface area contributed by atoms with Crippen molar-refractivity contribution in [3.63, 3.8) is 0 Å². The number of para-hydroxylation sites is 1. The molecule has 0 radical (unpaired) electrons. The van der Waals surface area contributed by atoms with Crippen LogP contribution in [-0.4, -0.2) is 31.1 Å². The van der Waals surface area contributed by atoms with Gasteiger partial charge >= 0.3 is 0 Å². The Morgan fingerprint density at radius 3 is 2.90 bits per heavy atom. The molecule has 1 saturated heterocycles. The van der Waals surface area contributed by atoms with Crippen LogP contribution in [0.25, 0.3) is 0 Å². The van der Waals surface area contributed by atoms with Gasteiger partial charge in [-0.2, -0.15) is 0 Å². The van der Waals surface area contributed by atoms with E-state index < -0.39 is 5.54 Å². The monoisotopic (exact) mass is 295 g/mol. The van der Waals surface area contributed by atoms with E-state index in [9.17, 15) is 4.79 Å². The third kappa shape index (κ3) is 2.76. The zero-order chi connectivity index (χ0) is 14.8. The van der Waals surface area contributed by atoms with Crippen molar-refractivity contribution < 1.29 is 4.79 Å². The molecule has 0 bridgehead atoms. The predicted octanol–water partition coefficient (Wildman–Crippen LogP) is 2.16. The molecule has 0 aromatic heterocycles. The number of benzene rings is 1. The zero-order valence-electron chi connectivity index (χ0n) is 12.3. The van der Waals surface area contributed by atoms with Crippen molar-refractivity contribution in [1.82, 2.24) is 10.6 Å². The molecule has 0 spiro atoms. The van der Waals surface area contributed by atoms with Gasteiger partial charge in [-0.15, -0.1) is 0 Å². The Morgan fingerprint density at radius 1 is 1.45 bits per heavy atom. The summed E-state index contributed by atoms with van der Waals surface area (Å²) in [5.41, 5.74) is 1.50. The molecule has 1 heterocycles. The summed E-state index contributed by atoms with van der Waals surface area (Å²) in [7, 11) is 0. The highest BCUT2D eigenvalue weighted by molar-refractivity contribution is 6.33.